The van der Waals surface area contributed by atoms with E-state index in [9.17, 15) is 18.0 Å². The number of rotatable bonds is 9. The van der Waals surface area contributed by atoms with Gasteiger partial charge in [0.05, 0.1) is 15.2 Å². The van der Waals surface area contributed by atoms with E-state index >= 15 is 0 Å². The molecule has 0 aliphatic carbocycles. The number of carbonyl (C=O) groups excluding carboxylic acids is 1. The van der Waals surface area contributed by atoms with Crippen molar-refractivity contribution >= 4 is 27.5 Å². The summed E-state index contributed by atoms with van der Waals surface area (Å²) in [4.78, 5) is 20.3. The Kier molecular flexibility index (Phi) is 7.03. The third-order valence-electron chi connectivity index (χ3n) is 4.06. The Bertz CT molecular complexity index is 926. The predicted molar refractivity (Wildman–Crippen MR) is 105 cm³/mol. The molecule has 29 heavy (non-hydrogen) atoms. The number of aryl methyl sites for hydroxylation is 1. The number of carbonyl (C=O) groups is 1. The molecular weight excluding hydrogens is 403 g/mol. The molecule has 5 nitrogen and oxygen atoms in total. The first-order valence-electron chi connectivity index (χ1n) is 9.15. The molecule has 3 aromatic rings. The van der Waals surface area contributed by atoms with Crippen molar-refractivity contribution in [1.82, 2.24) is 15.3 Å². The molecule has 0 unspecified atom stereocenters. The Morgan fingerprint density at radius 2 is 2.00 bits per heavy atom. The van der Waals surface area contributed by atoms with Gasteiger partial charge in [0.1, 0.15) is 0 Å². The van der Waals surface area contributed by atoms with Crippen LogP contribution in [0, 0.1) is 0 Å². The zero-order valence-corrected chi connectivity index (χ0v) is 16.4. The predicted octanol–water partition coefficient (Wildman–Crippen LogP) is 4.66. The lowest BCUT2D eigenvalue weighted by molar-refractivity contribution is -0.154. The van der Waals surface area contributed by atoms with E-state index in [1.165, 1.54) is 12.3 Å². The van der Waals surface area contributed by atoms with Crippen LogP contribution in [0.2, 0.25) is 0 Å². The highest BCUT2D eigenvalue weighted by atomic mass is 32.1. The van der Waals surface area contributed by atoms with Gasteiger partial charge in [-0.05, 0) is 43.0 Å². The number of alkyl halides is 3. The lowest BCUT2D eigenvalue weighted by Gasteiger charge is -2.10. The third kappa shape index (κ3) is 7.01. The number of para-hydroxylation sites is 1. The Balaban J connectivity index is 1.36. The van der Waals surface area contributed by atoms with Gasteiger partial charge in [-0.3, -0.25) is 4.79 Å². The van der Waals surface area contributed by atoms with Gasteiger partial charge in [-0.2, -0.15) is 13.2 Å². The minimum absolute atomic E-state index is 0.108. The monoisotopic (exact) mass is 423 g/mol. The van der Waals surface area contributed by atoms with E-state index in [0.29, 0.717) is 12.0 Å². The number of ether oxygens (including phenoxy) is 1. The molecular formula is C20H20F3N3O2S. The number of aromatic nitrogens is 2. The molecule has 2 aromatic heterocycles. The number of nitrogens with zero attached hydrogens (tertiary/aromatic N) is 2. The maximum atomic E-state index is 12.2. The van der Waals surface area contributed by atoms with E-state index < -0.39 is 12.8 Å². The normalized spacial score (nSPS) is 11.6. The molecule has 2 heterocycles. The zero-order chi connectivity index (χ0) is 20.7. The molecule has 1 aromatic carbocycles. The van der Waals surface area contributed by atoms with E-state index in [1.807, 2.05) is 24.3 Å². The lowest BCUT2D eigenvalue weighted by Crippen LogP contribution is -2.22. The number of pyridine rings is 1. The van der Waals surface area contributed by atoms with Crippen LogP contribution in [0.4, 0.5) is 13.2 Å². The molecule has 0 bridgehead atoms. The van der Waals surface area contributed by atoms with Crippen LogP contribution in [0.5, 0.6) is 5.88 Å². The van der Waals surface area contributed by atoms with Crippen LogP contribution in [-0.2, 0) is 17.8 Å². The molecule has 0 aliphatic heterocycles. The summed E-state index contributed by atoms with van der Waals surface area (Å²) in [6.45, 7) is -1.19. The Labute approximate surface area is 169 Å². The highest BCUT2D eigenvalue weighted by molar-refractivity contribution is 7.18. The summed E-state index contributed by atoms with van der Waals surface area (Å²) in [7, 11) is 0. The van der Waals surface area contributed by atoms with Gasteiger partial charge in [0.25, 0.3) is 0 Å². The van der Waals surface area contributed by atoms with Crippen molar-refractivity contribution in [2.24, 2.45) is 0 Å². The van der Waals surface area contributed by atoms with Crippen molar-refractivity contribution in [1.29, 1.82) is 0 Å². The van der Waals surface area contributed by atoms with Crippen molar-refractivity contribution in [3.8, 4) is 5.88 Å². The molecule has 3 rings (SSSR count). The fraction of sp³-hybridized carbons (Fsp3) is 0.350. The second kappa shape index (κ2) is 9.69. The summed E-state index contributed by atoms with van der Waals surface area (Å²) in [6, 6.07) is 11.0. The number of hydrogen-bond donors (Lipinski definition) is 1. The van der Waals surface area contributed by atoms with E-state index in [-0.39, 0.29) is 18.3 Å². The molecule has 154 valence electrons. The molecule has 0 aliphatic rings. The van der Waals surface area contributed by atoms with Gasteiger partial charge < -0.3 is 10.1 Å². The number of nitrogens with one attached hydrogen (secondary N) is 1. The van der Waals surface area contributed by atoms with E-state index in [1.54, 1.807) is 17.4 Å². The van der Waals surface area contributed by atoms with Crippen LogP contribution in [0.3, 0.4) is 0 Å². The van der Waals surface area contributed by atoms with E-state index in [2.05, 4.69) is 20.0 Å². The minimum Gasteiger partial charge on any atom is -0.468 e. The quantitative estimate of drug-likeness (QED) is 0.509. The van der Waals surface area contributed by atoms with Crippen LogP contribution in [0.15, 0.2) is 42.6 Å². The molecule has 9 heteroatoms. The van der Waals surface area contributed by atoms with Gasteiger partial charge in [0.2, 0.25) is 11.8 Å². The molecule has 0 spiro atoms. The molecule has 0 atom stereocenters. The molecule has 0 saturated carbocycles. The maximum absolute atomic E-state index is 12.2. The number of unbranched alkanes of at least 4 members (excludes halogenated alkanes) is 1. The second-order valence-corrected chi connectivity index (χ2v) is 7.58. The van der Waals surface area contributed by atoms with Crippen molar-refractivity contribution in [3.05, 3.63) is 53.2 Å². The van der Waals surface area contributed by atoms with E-state index in [0.717, 1.165) is 34.5 Å². The highest BCUT2D eigenvalue weighted by Crippen LogP contribution is 2.23. The first-order chi connectivity index (χ1) is 13.9. The molecule has 1 N–H and O–H groups in total. The topological polar surface area (TPSA) is 64.1 Å². The fourth-order valence-corrected chi connectivity index (χ4v) is 3.68. The van der Waals surface area contributed by atoms with Gasteiger partial charge in [-0.15, -0.1) is 11.3 Å². The summed E-state index contributed by atoms with van der Waals surface area (Å²) in [6.07, 6.45) is -0.261. The summed E-state index contributed by atoms with van der Waals surface area (Å²) < 4.78 is 42.3. The Morgan fingerprint density at radius 3 is 2.79 bits per heavy atom. The Morgan fingerprint density at radius 1 is 1.17 bits per heavy atom. The SMILES string of the molecule is O=C(CCCCc1nc2ccccc2s1)NCc1ccnc(OCC(F)(F)F)c1. The van der Waals surface area contributed by atoms with E-state index in [4.69, 9.17) is 0 Å². The molecule has 0 radical (unpaired) electrons. The van der Waals surface area contributed by atoms with Gasteiger partial charge in [-0.25, -0.2) is 9.97 Å². The lowest BCUT2D eigenvalue weighted by atomic mass is 10.2. The summed E-state index contributed by atoms with van der Waals surface area (Å²) in [5.41, 5.74) is 1.63. The largest absolute Gasteiger partial charge is 0.468 e. The molecule has 1 amide bonds. The number of thiazole rings is 1. The van der Waals surface area contributed by atoms with Gasteiger partial charge in [0, 0.05) is 25.2 Å². The highest BCUT2D eigenvalue weighted by Gasteiger charge is 2.28. The summed E-state index contributed by atoms with van der Waals surface area (Å²) >= 11 is 1.67. The maximum Gasteiger partial charge on any atom is 0.422 e. The van der Waals surface area contributed by atoms with Crippen LogP contribution >= 0.6 is 11.3 Å². The van der Waals surface area contributed by atoms with Gasteiger partial charge >= 0.3 is 6.18 Å². The summed E-state index contributed by atoms with van der Waals surface area (Å²) in [5.74, 6) is -0.228. The first-order valence-corrected chi connectivity index (χ1v) is 9.96. The van der Waals surface area contributed by atoms with Crippen LogP contribution < -0.4 is 10.1 Å². The number of amides is 1. The summed E-state index contributed by atoms with van der Waals surface area (Å²) in [5, 5.41) is 3.83. The molecule has 0 saturated heterocycles. The van der Waals surface area contributed by atoms with Gasteiger partial charge in [-0.1, -0.05) is 12.1 Å². The van der Waals surface area contributed by atoms with Crippen molar-refractivity contribution < 1.29 is 22.7 Å². The van der Waals surface area contributed by atoms with Crippen molar-refractivity contribution in [2.75, 3.05) is 6.61 Å². The number of hydrogen-bond acceptors (Lipinski definition) is 5. The minimum atomic E-state index is -4.42. The van der Waals surface area contributed by atoms with Gasteiger partial charge in [0.15, 0.2) is 6.61 Å². The van der Waals surface area contributed by atoms with Crippen LogP contribution in [-0.4, -0.2) is 28.7 Å². The second-order valence-electron chi connectivity index (χ2n) is 6.47. The Hall–Kier alpha value is -2.68. The zero-order valence-electron chi connectivity index (χ0n) is 15.5. The third-order valence-corrected chi connectivity index (χ3v) is 5.15. The van der Waals surface area contributed by atoms with Crippen molar-refractivity contribution in [2.45, 2.75) is 38.4 Å². The first kappa shape index (κ1) is 21.0. The number of fused-ring (bicyclic) bond motifs is 1. The fourth-order valence-electron chi connectivity index (χ4n) is 2.67. The standard InChI is InChI=1S/C20H20F3N3O2S/c21-20(22,23)13-28-18-11-14(9-10-24-18)12-25-17(27)7-3-4-8-19-26-15-5-1-2-6-16(15)29-19/h1-2,5-6,9-11H,3-4,7-8,12-13H2,(H,25,27). The molecule has 0 fully saturated rings. The number of benzene rings is 1. The smallest absolute Gasteiger partial charge is 0.422 e. The van der Waals surface area contributed by atoms with Crippen molar-refractivity contribution in [3.63, 3.8) is 0 Å². The number of halogens is 3. The average molecular weight is 423 g/mol. The van der Waals surface area contributed by atoms with Crippen LogP contribution in [0.25, 0.3) is 10.2 Å². The van der Waals surface area contributed by atoms with Crippen LogP contribution in [0.1, 0.15) is 29.8 Å². The average Bonchev–Trinajstić information content (AvgIpc) is 3.11.